The largest absolute Gasteiger partial charge is 0.466 e. The van der Waals surface area contributed by atoms with Gasteiger partial charge in [-0.1, -0.05) is 65.7 Å². The summed E-state index contributed by atoms with van der Waals surface area (Å²) in [6, 6.07) is 27.9. The van der Waals surface area contributed by atoms with Crippen LogP contribution >= 0.6 is 0 Å². The van der Waals surface area contributed by atoms with Crippen molar-refractivity contribution in [3.05, 3.63) is 119 Å². The first-order valence-electron chi connectivity index (χ1n) is 12.9. The maximum absolute atomic E-state index is 13.3. The monoisotopic (exact) mass is 520 g/mol. The summed E-state index contributed by atoms with van der Waals surface area (Å²) in [5.41, 5.74) is 6.92. The molecule has 0 heterocycles. The normalized spacial score (nSPS) is 10.6. The molecule has 0 aliphatic rings. The van der Waals surface area contributed by atoms with E-state index in [1.54, 1.807) is 44.3 Å². The zero-order chi connectivity index (χ0) is 27.9. The van der Waals surface area contributed by atoms with Gasteiger partial charge in [-0.25, -0.2) is 0 Å². The number of nitrogens with zero attached hydrogens (tertiary/aromatic N) is 1. The number of carbonyl (C=O) groups is 3. The molecule has 6 nitrogen and oxygen atoms in total. The van der Waals surface area contributed by atoms with E-state index in [9.17, 15) is 14.4 Å². The summed E-state index contributed by atoms with van der Waals surface area (Å²) in [6.45, 7) is 6.03. The second kappa shape index (κ2) is 12.2. The van der Waals surface area contributed by atoms with Crippen LogP contribution in [0, 0.1) is 13.8 Å². The van der Waals surface area contributed by atoms with E-state index in [4.69, 9.17) is 4.74 Å². The van der Waals surface area contributed by atoms with E-state index in [1.807, 2.05) is 74.5 Å². The van der Waals surface area contributed by atoms with E-state index in [0.717, 1.165) is 27.8 Å². The van der Waals surface area contributed by atoms with Crippen LogP contribution in [0.1, 0.15) is 44.3 Å². The van der Waals surface area contributed by atoms with Crippen molar-refractivity contribution < 1.29 is 19.1 Å². The van der Waals surface area contributed by atoms with Crippen molar-refractivity contribution in [3.63, 3.8) is 0 Å². The van der Waals surface area contributed by atoms with E-state index in [-0.39, 0.29) is 24.2 Å². The molecule has 0 spiro atoms. The number of benzene rings is 4. The van der Waals surface area contributed by atoms with E-state index in [0.29, 0.717) is 29.1 Å². The van der Waals surface area contributed by atoms with E-state index in [1.165, 1.54) is 4.90 Å². The van der Waals surface area contributed by atoms with Gasteiger partial charge in [-0.3, -0.25) is 14.4 Å². The van der Waals surface area contributed by atoms with Crippen LogP contribution < -0.4 is 10.2 Å². The van der Waals surface area contributed by atoms with E-state index >= 15 is 0 Å². The molecule has 0 fully saturated rings. The fourth-order valence-corrected chi connectivity index (χ4v) is 4.41. The molecule has 4 rings (SSSR count). The standard InChI is InChI=1S/C33H32N2O4/c1-5-39-31(36)21-26-20-23(3)12-19-30(26)35(4)33(38)25-15-17-27(18-16-25)34-32(37)29-9-7-6-8-28(29)24-13-10-22(2)11-14-24/h6-20H,5,21H2,1-4H3,(H,34,37). The van der Waals surface area contributed by atoms with Gasteiger partial charge in [-0.15, -0.1) is 0 Å². The number of amides is 2. The number of esters is 1. The molecule has 0 aliphatic carbocycles. The number of hydrogen-bond acceptors (Lipinski definition) is 4. The Morgan fingerprint density at radius 3 is 2.18 bits per heavy atom. The minimum Gasteiger partial charge on any atom is -0.466 e. The Balaban J connectivity index is 1.50. The summed E-state index contributed by atoms with van der Waals surface area (Å²) in [6.07, 6.45) is 0.0809. The number of carbonyl (C=O) groups excluding carboxylic acids is 3. The molecule has 1 N–H and O–H groups in total. The zero-order valence-electron chi connectivity index (χ0n) is 22.7. The number of hydrogen-bond donors (Lipinski definition) is 1. The Labute approximate surface area is 229 Å². The highest BCUT2D eigenvalue weighted by molar-refractivity contribution is 6.09. The Morgan fingerprint density at radius 2 is 1.49 bits per heavy atom. The Bertz CT molecular complexity index is 1490. The van der Waals surface area contributed by atoms with Crippen LogP contribution in [-0.4, -0.2) is 31.4 Å². The molecule has 0 bridgehead atoms. The summed E-state index contributed by atoms with van der Waals surface area (Å²) in [4.78, 5) is 40.1. The van der Waals surface area contributed by atoms with Gasteiger partial charge < -0.3 is 15.0 Å². The predicted molar refractivity (Wildman–Crippen MR) is 155 cm³/mol. The van der Waals surface area contributed by atoms with Crippen molar-refractivity contribution in [1.82, 2.24) is 0 Å². The van der Waals surface area contributed by atoms with Crippen LogP contribution in [0.5, 0.6) is 0 Å². The average molecular weight is 521 g/mol. The van der Waals surface area contributed by atoms with Crippen LogP contribution in [0.25, 0.3) is 11.1 Å². The van der Waals surface area contributed by atoms with Gasteiger partial charge in [-0.2, -0.15) is 0 Å². The number of aryl methyl sites for hydroxylation is 2. The molecule has 198 valence electrons. The molecule has 39 heavy (non-hydrogen) atoms. The fourth-order valence-electron chi connectivity index (χ4n) is 4.41. The minimum atomic E-state index is -0.339. The molecular weight excluding hydrogens is 488 g/mol. The van der Waals surface area contributed by atoms with E-state index in [2.05, 4.69) is 5.32 Å². The summed E-state index contributed by atoms with van der Waals surface area (Å²) < 4.78 is 5.10. The first-order valence-corrected chi connectivity index (χ1v) is 12.9. The summed E-state index contributed by atoms with van der Waals surface area (Å²) in [5, 5.41) is 2.94. The molecule has 0 unspecified atom stereocenters. The molecule has 2 amide bonds. The van der Waals surface area contributed by atoms with Gasteiger partial charge in [0.05, 0.1) is 13.0 Å². The highest BCUT2D eigenvalue weighted by Crippen LogP contribution is 2.26. The van der Waals surface area contributed by atoms with Crippen molar-refractivity contribution in [2.24, 2.45) is 0 Å². The lowest BCUT2D eigenvalue weighted by Gasteiger charge is -2.21. The third-order valence-electron chi connectivity index (χ3n) is 6.47. The molecule has 4 aromatic carbocycles. The molecule has 0 saturated heterocycles. The summed E-state index contributed by atoms with van der Waals surface area (Å²) >= 11 is 0. The zero-order valence-corrected chi connectivity index (χ0v) is 22.7. The van der Waals surface area contributed by atoms with Crippen LogP contribution in [0.15, 0.2) is 91.0 Å². The summed E-state index contributed by atoms with van der Waals surface area (Å²) in [7, 11) is 1.68. The maximum atomic E-state index is 13.3. The Morgan fingerprint density at radius 1 is 0.821 bits per heavy atom. The van der Waals surface area contributed by atoms with Crippen LogP contribution in [0.2, 0.25) is 0 Å². The molecule has 4 aromatic rings. The van der Waals surface area contributed by atoms with Crippen LogP contribution in [0.4, 0.5) is 11.4 Å². The van der Waals surface area contributed by atoms with Gasteiger partial charge in [-0.05, 0) is 73.9 Å². The third-order valence-corrected chi connectivity index (χ3v) is 6.47. The van der Waals surface area contributed by atoms with E-state index < -0.39 is 0 Å². The van der Waals surface area contributed by atoms with Crippen molar-refractivity contribution in [1.29, 1.82) is 0 Å². The maximum Gasteiger partial charge on any atom is 0.310 e. The van der Waals surface area contributed by atoms with Gasteiger partial charge in [0.15, 0.2) is 0 Å². The van der Waals surface area contributed by atoms with Gasteiger partial charge >= 0.3 is 5.97 Å². The number of nitrogens with one attached hydrogen (secondary N) is 1. The Hall–Kier alpha value is -4.71. The van der Waals surface area contributed by atoms with Gasteiger partial charge in [0, 0.05) is 29.5 Å². The quantitative estimate of drug-likeness (QED) is 0.266. The van der Waals surface area contributed by atoms with Crippen LogP contribution in [0.3, 0.4) is 0 Å². The molecular formula is C33H32N2O4. The second-order valence-electron chi connectivity index (χ2n) is 9.42. The third kappa shape index (κ3) is 6.60. The van der Waals surface area contributed by atoms with Crippen LogP contribution in [-0.2, 0) is 16.0 Å². The topological polar surface area (TPSA) is 75.7 Å². The number of anilines is 2. The number of ether oxygens (including phenoxy) is 1. The number of rotatable bonds is 8. The fraction of sp³-hybridized carbons (Fsp3) is 0.182. The first kappa shape index (κ1) is 27.3. The van der Waals surface area contributed by atoms with Gasteiger partial charge in [0.2, 0.25) is 0 Å². The molecule has 0 radical (unpaired) electrons. The van der Waals surface area contributed by atoms with Crippen molar-refractivity contribution in [3.8, 4) is 11.1 Å². The average Bonchev–Trinajstić information content (AvgIpc) is 2.93. The van der Waals surface area contributed by atoms with Crippen molar-refractivity contribution in [2.75, 3.05) is 23.9 Å². The minimum absolute atomic E-state index is 0.0809. The molecule has 6 heteroatoms. The molecule has 0 aliphatic heterocycles. The molecule has 0 saturated carbocycles. The predicted octanol–water partition coefficient (Wildman–Crippen LogP) is 6.60. The lowest BCUT2D eigenvalue weighted by molar-refractivity contribution is -0.142. The van der Waals surface area contributed by atoms with Crippen molar-refractivity contribution in [2.45, 2.75) is 27.2 Å². The lowest BCUT2D eigenvalue weighted by Crippen LogP contribution is -2.27. The second-order valence-corrected chi connectivity index (χ2v) is 9.42. The van der Waals surface area contributed by atoms with Gasteiger partial charge in [0.1, 0.15) is 0 Å². The molecule has 0 aromatic heterocycles. The lowest BCUT2D eigenvalue weighted by atomic mass is 9.98. The smallest absolute Gasteiger partial charge is 0.310 e. The molecule has 0 atom stereocenters. The van der Waals surface area contributed by atoms with Gasteiger partial charge in [0.25, 0.3) is 11.8 Å². The highest BCUT2D eigenvalue weighted by atomic mass is 16.5. The summed E-state index contributed by atoms with van der Waals surface area (Å²) in [5.74, 6) is -0.800. The first-order chi connectivity index (χ1) is 18.8. The highest BCUT2D eigenvalue weighted by Gasteiger charge is 2.19. The SMILES string of the molecule is CCOC(=O)Cc1cc(C)ccc1N(C)C(=O)c1ccc(NC(=O)c2ccccc2-c2ccc(C)cc2)cc1. The van der Waals surface area contributed by atoms with Crippen molar-refractivity contribution >= 4 is 29.2 Å². The Kier molecular flexibility index (Phi) is 8.56.